The summed E-state index contributed by atoms with van der Waals surface area (Å²) in [5.74, 6) is 0.884. The molecule has 0 fully saturated rings. The van der Waals surface area contributed by atoms with Crippen molar-refractivity contribution in [2.45, 2.75) is 19.9 Å². The molecule has 0 amide bonds. The molecule has 84 valence electrons. The van der Waals surface area contributed by atoms with Crippen LogP contribution in [0.1, 0.15) is 13.8 Å². The molecule has 2 N–H and O–H groups in total. The maximum absolute atomic E-state index is 5.68. The van der Waals surface area contributed by atoms with Crippen LogP contribution >= 0.6 is 0 Å². The van der Waals surface area contributed by atoms with Gasteiger partial charge in [-0.15, -0.1) is 0 Å². The molecule has 0 aliphatic heterocycles. The third kappa shape index (κ3) is 2.86. The van der Waals surface area contributed by atoms with Crippen molar-refractivity contribution in [3.63, 3.8) is 0 Å². The van der Waals surface area contributed by atoms with Gasteiger partial charge in [-0.25, -0.2) is 0 Å². The Labute approximate surface area is 91.8 Å². The molecule has 1 unspecified atom stereocenters. The standard InChI is InChI=1S/C12H20N2O/c1-4-14(10(2)9-13)11-6-5-7-12(8-11)15-3/h5-8,10H,4,9,13H2,1-3H3. The van der Waals surface area contributed by atoms with E-state index in [1.54, 1.807) is 7.11 Å². The molecule has 0 aliphatic carbocycles. The Morgan fingerprint density at radius 2 is 2.20 bits per heavy atom. The van der Waals surface area contributed by atoms with Crippen molar-refractivity contribution in [1.29, 1.82) is 0 Å². The predicted molar refractivity (Wildman–Crippen MR) is 64.5 cm³/mol. The first-order valence-corrected chi connectivity index (χ1v) is 5.33. The third-order valence-electron chi connectivity index (χ3n) is 2.60. The molecular formula is C12H20N2O. The van der Waals surface area contributed by atoms with Crippen molar-refractivity contribution < 1.29 is 4.74 Å². The van der Waals surface area contributed by atoms with Gasteiger partial charge in [0.05, 0.1) is 7.11 Å². The zero-order chi connectivity index (χ0) is 11.3. The van der Waals surface area contributed by atoms with Gasteiger partial charge in [0.2, 0.25) is 0 Å². The van der Waals surface area contributed by atoms with E-state index in [1.165, 1.54) is 0 Å². The van der Waals surface area contributed by atoms with Gasteiger partial charge in [0, 0.05) is 30.9 Å². The summed E-state index contributed by atoms with van der Waals surface area (Å²) in [5, 5.41) is 0. The number of methoxy groups -OCH3 is 1. The minimum absolute atomic E-state index is 0.349. The van der Waals surface area contributed by atoms with Gasteiger partial charge >= 0.3 is 0 Å². The minimum Gasteiger partial charge on any atom is -0.497 e. The first-order valence-electron chi connectivity index (χ1n) is 5.33. The number of anilines is 1. The summed E-state index contributed by atoms with van der Waals surface area (Å²) < 4.78 is 5.20. The van der Waals surface area contributed by atoms with Crippen molar-refractivity contribution in [2.24, 2.45) is 5.73 Å². The Balaban J connectivity index is 2.91. The second kappa shape index (κ2) is 5.61. The van der Waals surface area contributed by atoms with Crippen LogP contribution in [-0.4, -0.2) is 26.2 Å². The molecule has 1 aromatic carbocycles. The van der Waals surface area contributed by atoms with Gasteiger partial charge in [0.15, 0.2) is 0 Å². The van der Waals surface area contributed by atoms with Gasteiger partial charge in [-0.3, -0.25) is 0 Å². The van der Waals surface area contributed by atoms with Crippen LogP contribution in [0.25, 0.3) is 0 Å². The van der Waals surface area contributed by atoms with Gasteiger partial charge in [0.1, 0.15) is 5.75 Å². The van der Waals surface area contributed by atoms with E-state index in [-0.39, 0.29) is 0 Å². The third-order valence-corrected chi connectivity index (χ3v) is 2.60. The highest BCUT2D eigenvalue weighted by Gasteiger charge is 2.11. The number of nitrogens with zero attached hydrogens (tertiary/aromatic N) is 1. The predicted octanol–water partition coefficient (Wildman–Crippen LogP) is 1.87. The van der Waals surface area contributed by atoms with Crippen molar-refractivity contribution in [3.05, 3.63) is 24.3 Å². The Morgan fingerprint density at radius 3 is 2.73 bits per heavy atom. The van der Waals surface area contributed by atoms with Crippen LogP contribution in [0.4, 0.5) is 5.69 Å². The van der Waals surface area contributed by atoms with Crippen LogP contribution in [0.15, 0.2) is 24.3 Å². The zero-order valence-corrected chi connectivity index (χ0v) is 9.73. The van der Waals surface area contributed by atoms with Gasteiger partial charge in [0.25, 0.3) is 0 Å². The van der Waals surface area contributed by atoms with Crippen molar-refractivity contribution in [1.82, 2.24) is 0 Å². The van der Waals surface area contributed by atoms with Crippen molar-refractivity contribution in [3.8, 4) is 5.75 Å². The molecular weight excluding hydrogens is 188 g/mol. The maximum Gasteiger partial charge on any atom is 0.120 e. The topological polar surface area (TPSA) is 38.5 Å². The lowest BCUT2D eigenvalue weighted by Gasteiger charge is -2.29. The SMILES string of the molecule is CCN(c1cccc(OC)c1)C(C)CN. The molecule has 3 nitrogen and oxygen atoms in total. The van der Waals surface area contributed by atoms with E-state index in [0.29, 0.717) is 12.6 Å². The van der Waals surface area contributed by atoms with Gasteiger partial charge in [-0.05, 0) is 26.0 Å². The summed E-state index contributed by atoms with van der Waals surface area (Å²) in [5.41, 5.74) is 6.85. The summed E-state index contributed by atoms with van der Waals surface area (Å²) in [6, 6.07) is 8.42. The Kier molecular flexibility index (Phi) is 4.43. The van der Waals surface area contributed by atoms with E-state index in [4.69, 9.17) is 10.5 Å². The quantitative estimate of drug-likeness (QED) is 0.802. The maximum atomic E-state index is 5.68. The van der Waals surface area contributed by atoms with Crippen LogP contribution in [0.3, 0.4) is 0 Å². The van der Waals surface area contributed by atoms with E-state index in [1.807, 2.05) is 18.2 Å². The first-order chi connectivity index (χ1) is 7.22. The monoisotopic (exact) mass is 208 g/mol. The van der Waals surface area contributed by atoms with Gasteiger partial charge < -0.3 is 15.4 Å². The van der Waals surface area contributed by atoms with E-state index in [0.717, 1.165) is 18.0 Å². The number of ether oxygens (including phenoxy) is 1. The second-order valence-electron chi connectivity index (χ2n) is 3.57. The molecule has 0 spiro atoms. The lowest BCUT2D eigenvalue weighted by Crippen LogP contribution is -2.38. The Bertz CT molecular complexity index is 301. The van der Waals surface area contributed by atoms with Crippen LogP contribution in [0, 0.1) is 0 Å². The normalized spacial score (nSPS) is 12.3. The molecule has 0 heterocycles. The summed E-state index contributed by atoms with van der Waals surface area (Å²) >= 11 is 0. The average molecular weight is 208 g/mol. The number of likely N-dealkylation sites (N-methyl/N-ethyl adjacent to an activating group) is 1. The van der Waals surface area contributed by atoms with Crippen LogP contribution in [-0.2, 0) is 0 Å². The van der Waals surface area contributed by atoms with Gasteiger partial charge in [-0.2, -0.15) is 0 Å². The fourth-order valence-electron chi connectivity index (χ4n) is 1.67. The van der Waals surface area contributed by atoms with E-state index in [9.17, 15) is 0 Å². The number of hydrogen-bond acceptors (Lipinski definition) is 3. The largest absolute Gasteiger partial charge is 0.497 e. The molecule has 0 saturated carbocycles. The van der Waals surface area contributed by atoms with Gasteiger partial charge in [-0.1, -0.05) is 6.07 Å². The number of benzene rings is 1. The summed E-state index contributed by atoms with van der Waals surface area (Å²) in [6.45, 7) is 5.87. The lowest BCUT2D eigenvalue weighted by molar-refractivity contribution is 0.414. The van der Waals surface area contributed by atoms with Crippen LogP contribution in [0.2, 0.25) is 0 Å². The summed E-state index contributed by atoms with van der Waals surface area (Å²) in [4.78, 5) is 2.27. The smallest absolute Gasteiger partial charge is 0.120 e. The highest BCUT2D eigenvalue weighted by Crippen LogP contribution is 2.22. The minimum atomic E-state index is 0.349. The van der Waals surface area contributed by atoms with Crippen molar-refractivity contribution in [2.75, 3.05) is 25.1 Å². The molecule has 0 radical (unpaired) electrons. The highest BCUT2D eigenvalue weighted by molar-refractivity contribution is 5.51. The molecule has 15 heavy (non-hydrogen) atoms. The molecule has 0 saturated heterocycles. The van der Waals surface area contributed by atoms with E-state index in [2.05, 4.69) is 24.8 Å². The molecule has 0 bridgehead atoms. The number of rotatable bonds is 5. The molecule has 0 aliphatic rings. The summed E-state index contributed by atoms with van der Waals surface area (Å²) in [6.07, 6.45) is 0. The Hall–Kier alpha value is -1.22. The molecule has 1 atom stereocenters. The molecule has 3 heteroatoms. The number of hydrogen-bond donors (Lipinski definition) is 1. The molecule has 1 aromatic rings. The average Bonchev–Trinajstić information content (AvgIpc) is 2.30. The van der Waals surface area contributed by atoms with Crippen LogP contribution < -0.4 is 15.4 Å². The van der Waals surface area contributed by atoms with E-state index >= 15 is 0 Å². The molecule has 1 rings (SSSR count). The second-order valence-corrected chi connectivity index (χ2v) is 3.57. The fraction of sp³-hybridized carbons (Fsp3) is 0.500. The van der Waals surface area contributed by atoms with Crippen molar-refractivity contribution >= 4 is 5.69 Å². The zero-order valence-electron chi connectivity index (χ0n) is 9.73. The highest BCUT2D eigenvalue weighted by atomic mass is 16.5. The van der Waals surface area contributed by atoms with Crippen LogP contribution in [0.5, 0.6) is 5.75 Å². The molecule has 0 aromatic heterocycles. The lowest BCUT2D eigenvalue weighted by atomic mass is 10.2. The fourth-order valence-corrected chi connectivity index (χ4v) is 1.67. The summed E-state index contributed by atoms with van der Waals surface area (Å²) in [7, 11) is 1.68. The Morgan fingerprint density at radius 1 is 1.47 bits per heavy atom. The number of nitrogens with two attached hydrogens (primary N) is 1. The van der Waals surface area contributed by atoms with E-state index < -0.39 is 0 Å². The first kappa shape index (κ1) is 11.9.